The van der Waals surface area contributed by atoms with Crippen LogP contribution in [-0.2, 0) is 11.3 Å². The Labute approximate surface area is 112 Å². The van der Waals surface area contributed by atoms with Gasteiger partial charge in [0.15, 0.2) is 0 Å². The summed E-state index contributed by atoms with van der Waals surface area (Å²) in [6, 6.07) is 5.06. The van der Waals surface area contributed by atoms with Crippen LogP contribution < -0.4 is 0 Å². The Morgan fingerprint density at radius 3 is 2.71 bits per heavy atom. The van der Waals surface area contributed by atoms with Crippen LogP contribution in [-0.4, -0.2) is 35.3 Å². The highest BCUT2D eigenvalue weighted by atomic mass is 79.9. The summed E-state index contributed by atoms with van der Waals surface area (Å²) >= 11 is 9.35. The van der Waals surface area contributed by atoms with Crippen LogP contribution in [0.1, 0.15) is 5.56 Å². The van der Waals surface area contributed by atoms with E-state index in [1.54, 1.807) is 19.2 Å². The average Bonchev–Trinajstić information content (AvgIpc) is 2.50. The number of benzene rings is 1. The van der Waals surface area contributed by atoms with Crippen molar-refractivity contribution in [2.24, 2.45) is 0 Å². The molecule has 2 rings (SSSR count). The van der Waals surface area contributed by atoms with E-state index in [2.05, 4.69) is 15.9 Å². The van der Waals surface area contributed by atoms with E-state index in [0.29, 0.717) is 5.02 Å². The summed E-state index contributed by atoms with van der Waals surface area (Å²) in [5, 5.41) is 0.545. The standard InChI is InChI=1S/C11H10BrClN2O2/c1-14-6-10(16)15(11(14)17)5-7-4-8(12)2-3-9(7)13/h2-4H,5-6H2,1H3. The molecule has 1 aliphatic rings. The summed E-state index contributed by atoms with van der Waals surface area (Å²) in [5.74, 6) is -0.200. The zero-order valence-electron chi connectivity index (χ0n) is 9.11. The van der Waals surface area contributed by atoms with E-state index in [4.69, 9.17) is 11.6 Å². The summed E-state index contributed by atoms with van der Waals surface area (Å²) in [6.45, 7) is 0.338. The second kappa shape index (κ2) is 4.66. The van der Waals surface area contributed by atoms with E-state index in [1.165, 1.54) is 9.80 Å². The Morgan fingerprint density at radius 2 is 2.12 bits per heavy atom. The van der Waals surface area contributed by atoms with Gasteiger partial charge in [-0.15, -0.1) is 0 Å². The van der Waals surface area contributed by atoms with Gasteiger partial charge in [-0.3, -0.25) is 9.69 Å². The molecule has 0 atom stereocenters. The first kappa shape index (κ1) is 12.4. The van der Waals surface area contributed by atoms with Gasteiger partial charge in [0.2, 0.25) is 0 Å². The highest BCUT2D eigenvalue weighted by molar-refractivity contribution is 9.10. The van der Waals surface area contributed by atoms with Gasteiger partial charge in [-0.2, -0.15) is 0 Å². The number of hydrogen-bond acceptors (Lipinski definition) is 2. The smallest absolute Gasteiger partial charge is 0.318 e. The number of likely N-dealkylation sites (N-methyl/N-ethyl adjacent to an activating group) is 1. The van der Waals surface area contributed by atoms with Gasteiger partial charge in [0.1, 0.15) is 6.54 Å². The molecule has 0 N–H and O–H groups in total. The molecule has 1 saturated heterocycles. The van der Waals surface area contributed by atoms with Crippen molar-refractivity contribution in [2.45, 2.75) is 6.54 Å². The molecule has 0 aromatic heterocycles. The van der Waals surface area contributed by atoms with E-state index in [1.807, 2.05) is 6.07 Å². The first-order valence-corrected chi connectivity index (χ1v) is 6.15. The molecule has 90 valence electrons. The number of nitrogens with zero attached hydrogens (tertiary/aromatic N) is 2. The Bertz CT molecular complexity index is 492. The molecule has 1 aliphatic heterocycles. The van der Waals surface area contributed by atoms with Crippen molar-refractivity contribution < 1.29 is 9.59 Å². The number of rotatable bonds is 2. The zero-order valence-corrected chi connectivity index (χ0v) is 11.5. The maximum Gasteiger partial charge on any atom is 0.327 e. The molecule has 0 spiro atoms. The third-order valence-corrected chi connectivity index (χ3v) is 3.43. The van der Waals surface area contributed by atoms with Gasteiger partial charge in [-0.25, -0.2) is 4.79 Å². The van der Waals surface area contributed by atoms with E-state index < -0.39 is 0 Å². The van der Waals surface area contributed by atoms with E-state index in [9.17, 15) is 9.59 Å². The minimum Gasteiger partial charge on any atom is -0.318 e. The Kier molecular flexibility index (Phi) is 3.40. The van der Waals surface area contributed by atoms with Crippen LogP contribution in [0.25, 0.3) is 0 Å². The SMILES string of the molecule is CN1CC(=O)N(Cc2cc(Br)ccc2Cl)C1=O. The van der Waals surface area contributed by atoms with Gasteiger partial charge < -0.3 is 4.90 Å². The molecule has 0 saturated carbocycles. The number of amides is 3. The predicted octanol–water partition coefficient (Wildman–Crippen LogP) is 2.50. The third-order valence-electron chi connectivity index (χ3n) is 2.57. The van der Waals surface area contributed by atoms with Crippen LogP contribution in [0, 0.1) is 0 Å². The fourth-order valence-corrected chi connectivity index (χ4v) is 2.25. The van der Waals surface area contributed by atoms with Gasteiger partial charge in [0.05, 0.1) is 6.54 Å². The predicted molar refractivity (Wildman–Crippen MR) is 67.7 cm³/mol. The molecule has 0 unspecified atom stereocenters. The molecule has 1 fully saturated rings. The first-order valence-electron chi connectivity index (χ1n) is 4.98. The van der Waals surface area contributed by atoms with Gasteiger partial charge in [-0.1, -0.05) is 27.5 Å². The Hall–Kier alpha value is -1.07. The second-order valence-corrected chi connectivity index (χ2v) is 5.18. The maximum absolute atomic E-state index is 11.7. The number of halogens is 2. The average molecular weight is 318 g/mol. The monoisotopic (exact) mass is 316 g/mol. The van der Waals surface area contributed by atoms with Crippen LogP contribution >= 0.6 is 27.5 Å². The highest BCUT2D eigenvalue weighted by Gasteiger charge is 2.33. The van der Waals surface area contributed by atoms with Crippen molar-refractivity contribution in [3.8, 4) is 0 Å². The molecule has 1 aromatic carbocycles. The molecule has 6 heteroatoms. The molecule has 0 bridgehead atoms. The Morgan fingerprint density at radius 1 is 1.41 bits per heavy atom. The molecule has 0 radical (unpaired) electrons. The lowest BCUT2D eigenvalue weighted by molar-refractivity contribution is -0.125. The normalized spacial score (nSPS) is 15.9. The third kappa shape index (κ3) is 2.45. The largest absolute Gasteiger partial charge is 0.327 e. The molecular weight excluding hydrogens is 307 g/mol. The van der Waals surface area contributed by atoms with Crippen molar-refractivity contribution in [1.82, 2.24) is 9.80 Å². The lowest BCUT2D eigenvalue weighted by atomic mass is 10.2. The Balaban J connectivity index is 2.24. The quantitative estimate of drug-likeness (QED) is 0.786. The van der Waals surface area contributed by atoms with E-state index in [-0.39, 0.29) is 25.0 Å². The number of carbonyl (C=O) groups excluding carboxylic acids is 2. The minimum absolute atomic E-state index is 0.129. The van der Waals surface area contributed by atoms with Crippen molar-refractivity contribution in [3.05, 3.63) is 33.3 Å². The summed E-state index contributed by atoms with van der Waals surface area (Å²) in [7, 11) is 1.60. The molecule has 17 heavy (non-hydrogen) atoms. The van der Waals surface area contributed by atoms with Crippen molar-refractivity contribution >= 4 is 39.5 Å². The number of carbonyl (C=O) groups is 2. The summed E-state index contributed by atoms with van der Waals surface area (Å²) in [5.41, 5.74) is 0.748. The fraction of sp³-hybridized carbons (Fsp3) is 0.273. The molecule has 1 aromatic rings. The molecule has 0 aliphatic carbocycles. The van der Waals surface area contributed by atoms with Crippen molar-refractivity contribution in [2.75, 3.05) is 13.6 Å². The van der Waals surface area contributed by atoms with Gasteiger partial charge in [-0.05, 0) is 23.8 Å². The minimum atomic E-state index is -0.286. The molecule has 4 nitrogen and oxygen atoms in total. The molecular formula is C11H10BrClN2O2. The number of urea groups is 1. The fourth-order valence-electron chi connectivity index (χ4n) is 1.66. The van der Waals surface area contributed by atoms with E-state index in [0.717, 1.165) is 10.0 Å². The number of hydrogen-bond donors (Lipinski definition) is 0. The number of imide groups is 1. The van der Waals surface area contributed by atoms with E-state index >= 15 is 0 Å². The van der Waals surface area contributed by atoms with Crippen LogP contribution in [0.4, 0.5) is 4.79 Å². The van der Waals surface area contributed by atoms with Gasteiger partial charge in [0, 0.05) is 16.5 Å². The van der Waals surface area contributed by atoms with Crippen LogP contribution in [0.2, 0.25) is 5.02 Å². The second-order valence-electron chi connectivity index (χ2n) is 3.85. The van der Waals surface area contributed by atoms with Crippen molar-refractivity contribution in [1.29, 1.82) is 0 Å². The maximum atomic E-state index is 11.7. The highest BCUT2D eigenvalue weighted by Crippen LogP contribution is 2.23. The van der Waals surface area contributed by atoms with Gasteiger partial charge in [0.25, 0.3) is 5.91 Å². The summed E-state index contributed by atoms with van der Waals surface area (Å²) in [4.78, 5) is 25.9. The lowest BCUT2D eigenvalue weighted by Crippen LogP contribution is -2.31. The van der Waals surface area contributed by atoms with Crippen LogP contribution in [0.15, 0.2) is 22.7 Å². The summed E-state index contributed by atoms with van der Waals surface area (Å²) in [6.07, 6.45) is 0. The topological polar surface area (TPSA) is 40.6 Å². The molecule has 3 amide bonds. The van der Waals surface area contributed by atoms with Gasteiger partial charge >= 0.3 is 6.03 Å². The summed E-state index contributed by atoms with van der Waals surface area (Å²) < 4.78 is 0.865. The zero-order chi connectivity index (χ0) is 12.6. The lowest BCUT2D eigenvalue weighted by Gasteiger charge is -2.15. The molecule has 1 heterocycles. The first-order chi connectivity index (χ1) is 7.99. The van der Waals surface area contributed by atoms with Crippen LogP contribution in [0.5, 0.6) is 0 Å². The van der Waals surface area contributed by atoms with Crippen LogP contribution in [0.3, 0.4) is 0 Å². The van der Waals surface area contributed by atoms with Crippen molar-refractivity contribution in [3.63, 3.8) is 0 Å².